The molecule has 1 aromatic carbocycles. The molecule has 10 heteroatoms. The first-order valence-electron chi connectivity index (χ1n) is 13.3. The van der Waals surface area contributed by atoms with Gasteiger partial charge in [0.1, 0.15) is 34.9 Å². The summed E-state index contributed by atoms with van der Waals surface area (Å²) in [6.07, 6.45) is 5.25. The molecule has 4 aromatic rings. The maximum Gasteiger partial charge on any atom is 0.164 e. The van der Waals surface area contributed by atoms with Gasteiger partial charge < -0.3 is 14.8 Å². The molecule has 6 rings (SSSR count). The Bertz CT molecular complexity index is 1510. The van der Waals surface area contributed by atoms with Crippen molar-refractivity contribution in [1.29, 1.82) is 0 Å². The molecule has 198 valence electrons. The van der Waals surface area contributed by atoms with Crippen molar-refractivity contribution in [2.45, 2.75) is 58.6 Å². The molecular weight excluding hydrogens is 482 g/mol. The van der Waals surface area contributed by atoms with Gasteiger partial charge in [0.25, 0.3) is 0 Å². The summed E-state index contributed by atoms with van der Waals surface area (Å²) < 4.78 is 15.7. The molecule has 0 radical (unpaired) electrons. The van der Waals surface area contributed by atoms with E-state index in [4.69, 9.17) is 19.4 Å². The van der Waals surface area contributed by atoms with Crippen molar-refractivity contribution in [3.63, 3.8) is 0 Å². The molecule has 1 N–H and O–H groups in total. The number of carbonyl (C=O) groups excluding carboxylic acids is 1. The number of ether oxygens (including phenoxy) is 2. The van der Waals surface area contributed by atoms with E-state index in [-0.39, 0.29) is 17.9 Å². The molecule has 0 spiro atoms. The summed E-state index contributed by atoms with van der Waals surface area (Å²) in [7, 11) is 3.52. The second-order valence-corrected chi connectivity index (χ2v) is 10.2. The van der Waals surface area contributed by atoms with Crippen LogP contribution >= 0.6 is 0 Å². The molecule has 10 nitrogen and oxygen atoms in total. The van der Waals surface area contributed by atoms with Crippen molar-refractivity contribution in [3.8, 4) is 17.1 Å². The van der Waals surface area contributed by atoms with Crippen molar-refractivity contribution in [2.24, 2.45) is 13.0 Å². The largest absolute Gasteiger partial charge is 0.495 e. The first kappa shape index (κ1) is 24.5. The fourth-order valence-corrected chi connectivity index (χ4v) is 5.25. The van der Waals surface area contributed by atoms with Crippen LogP contribution in [0.2, 0.25) is 0 Å². The van der Waals surface area contributed by atoms with Gasteiger partial charge in [-0.05, 0) is 70.2 Å². The number of rotatable bonds is 8. The molecule has 1 aliphatic heterocycles. The van der Waals surface area contributed by atoms with Crippen LogP contribution in [0.4, 0.5) is 11.4 Å². The van der Waals surface area contributed by atoms with Gasteiger partial charge in [-0.15, -0.1) is 0 Å². The highest BCUT2D eigenvalue weighted by molar-refractivity contribution is 5.91. The predicted octanol–water partition coefficient (Wildman–Crippen LogP) is 4.82. The molecule has 1 saturated carbocycles. The molecule has 4 heterocycles. The summed E-state index contributed by atoms with van der Waals surface area (Å²) in [5, 5.41) is 7.89. The first-order chi connectivity index (χ1) is 18.4. The molecule has 1 atom stereocenters. The SMILES string of the molecule is COc1cc(-c2nc(C)nn2C)ccc1Nc1cc(CC(=O)C2CC2)nc2c1nc(C)n2C1CCCCO1. The van der Waals surface area contributed by atoms with Gasteiger partial charge in [0, 0.05) is 31.6 Å². The van der Waals surface area contributed by atoms with E-state index in [1.54, 1.807) is 11.8 Å². The Labute approximate surface area is 221 Å². The third kappa shape index (κ3) is 4.64. The van der Waals surface area contributed by atoms with E-state index in [1.165, 1.54) is 0 Å². The number of methoxy groups -OCH3 is 1. The van der Waals surface area contributed by atoms with Crippen LogP contribution in [0.25, 0.3) is 22.6 Å². The average molecular weight is 516 g/mol. The molecule has 1 unspecified atom stereocenters. The first-order valence-corrected chi connectivity index (χ1v) is 13.3. The molecule has 2 fully saturated rings. The van der Waals surface area contributed by atoms with Crippen molar-refractivity contribution in [3.05, 3.63) is 41.6 Å². The van der Waals surface area contributed by atoms with Crippen LogP contribution in [0.5, 0.6) is 5.75 Å². The summed E-state index contributed by atoms with van der Waals surface area (Å²) in [5.74, 6) is 3.41. The Morgan fingerprint density at radius 3 is 2.63 bits per heavy atom. The molecule has 0 amide bonds. The highest BCUT2D eigenvalue weighted by Crippen LogP contribution is 2.37. The fourth-order valence-electron chi connectivity index (χ4n) is 5.25. The van der Waals surface area contributed by atoms with E-state index in [2.05, 4.69) is 20.0 Å². The average Bonchev–Trinajstić information content (AvgIpc) is 3.63. The number of aromatic nitrogens is 6. The number of imidazole rings is 1. The summed E-state index contributed by atoms with van der Waals surface area (Å²) in [6, 6.07) is 7.85. The molecule has 38 heavy (non-hydrogen) atoms. The van der Waals surface area contributed by atoms with Gasteiger partial charge in [0.15, 0.2) is 11.5 Å². The van der Waals surface area contributed by atoms with Crippen LogP contribution in [-0.2, 0) is 23.0 Å². The summed E-state index contributed by atoms with van der Waals surface area (Å²) >= 11 is 0. The normalized spacial score (nSPS) is 17.6. The summed E-state index contributed by atoms with van der Waals surface area (Å²) in [6.45, 7) is 4.58. The molecular formula is C28H33N7O3. The molecule has 1 aliphatic carbocycles. The van der Waals surface area contributed by atoms with Crippen molar-refractivity contribution in [2.75, 3.05) is 19.0 Å². The van der Waals surface area contributed by atoms with Gasteiger partial charge >= 0.3 is 0 Å². The lowest BCUT2D eigenvalue weighted by Crippen LogP contribution is -2.19. The Kier molecular flexibility index (Phi) is 6.35. The molecule has 0 bridgehead atoms. The van der Waals surface area contributed by atoms with E-state index in [0.29, 0.717) is 18.0 Å². The minimum absolute atomic E-state index is 0.104. The van der Waals surface area contributed by atoms with E-state index >= 15 is 0 Å². The maximum absolute atomic E-state index is 12.7. The highest BCUT2D eigenvalue weighted by atomic mass is 16.5. The fraction of sp³-hybridized carbons (Fsp3) is 0.464. The van der Waals surface area contributed by atoms with E-state index in [1.807, 2.05) is 45.2 Å². The number of pyridine rings is 1. The zero-order chi connectivity index (χ0) is 26.4. The standard InChI is InChI=1S/C28H33N7O3/c1-16-29-27(34(3)33-16)19-10-11-21(24(13-19)37-4)32-22-14-20(15-23(36)18-8-9-18)31-28-26(22)30-17(2)35(28)25-7-5-6-12-38-25/h10-11,13-14,18,25H,5-9,12,15H2,1-4H3,(H,31,32). The Hall–Kier alpha value is -3.79. The second kappa shape index (κ2) is 9.83. The lowest BCUT2D eigenvalue weighted by atomic mass is 10.1. The van der Waals surface area contributed by atoms with E-state index in [0.717, 1.165) is 84.2 Å². The Morgan fingerprint density at radius 1 is 1.11 bits per heavy atom. The van der Waals surface area contributed by atoms with Gasteiger partial charge in [-0.2, -0.15) is 5.10 Å². The monoisotopic (exact) mass is 515 g/mol. The number of nitrogens with zero attached hydrogens (tertiary/aromatic N) is 6. The number of Topliss-reactive ketones (excluding diaryl/α,β-unsaturated/α-hetero) is 1. The van der Waals surface area contributed by atoms with Crippen LogP contribution in [0.1, 0.15) is 55.7 Å². The van der Waals surface area contributed by atoms with Crippen molar-refractivity contribution < 1.29 is 14.3 Å². The van der Waals surface area contributed by atoms with E-state index in [9.17, 15) is 4.79 Å². The zero-order valence-electron chi connectivity index (χ0n) is 22.3. The third-order valence-electron chi connectivity index (χ3n) is 7.31. The van der Waals surface area contributed by atoms with Gasteiger partial charge in [-0.25, -0.2) is 19.6 Å². The predicted molar refractivity (Wildman–Crippen MR) is 144 cm³/mol. The number of fused-ring (bicyclic) bond motifs is 1. The number of aryl methyl sites for hydroxylation is 3. The highest BCUT2D eigenvalue weighted by Gasteiger charge is 2.30. The van der Waals surface area contributed by atoms with Crippen LogP contribution < -0.4 is 10.1 Å². The maximum atomic E-state index is 12.7. The number of anilines is 2. The van der Waals surface area contributed by atoms with Crippen LogP contribution in [0, 0.1) is 19.8 Å². The van der Waals surface area contributed by atoms with Crippen LogP contribution in [-0.4, -0.2) is 48.8 Å². The van der Waals surface area contributed by atoms with Crippen molar-refractivity contribution >= 4 is 28.3 Å². The molecule has 3 aromatic heterocycles. The third-order valence-corrected chi connectivity index (χ3v) is 7.31. The number of ketones is 1. The van der Waals surface area contributed by atoms with Crippen LogP contribution in [0.3, 0.4) is 0 Å². The summed E-state index contributed by atoms with van der Waals surface area (Å²) in [4.78, 5) is 27.1. The number of nitrogens with one attached hydrogen (secondary N) is 1. The lowest BCUT2D eigenvalue weighted by molar-refractivity contribution is -0.119. The minimum Gasteiger partial charge on any atom is -0.495 e. The Morgan fingerprint density at radius 2 is 1.95 bits per heavy atom. The lowest BCUT2D eigenvalue weighted by Gasteiger charge is -2.25. The van der Waals surface area contributed by atoms with Gasteiger partial charge in [0.2, 0.25) is 0 Å². The number of benzene rings is 1. The molecule has 1 saturated heterocycles. The van der Waals surface area contributed by atoms with E-state index < -0.39 is 0 Å². The quantitative estimate of drug-likeness (QED) is 0.356. The summed E-state index contributed by atoms with van der Waals surface area (Å²) in [5.41, 5.74) is 4.69. The second-order valence-electron chi connectivity index (χ2n) is 10.2. The molecule has 2 aliphatic rings. The minimum atomic E-state index is -0.104. The van der Waals surface area contributed by atoms with Crippen LogP contribution in [0.15, 0.2) is 24.3 Å². The van der Waals surface area contributed by atoms with Gasteiger partial charge in [-0.3, -0.25) is 9.36 Å². The van der Waals surface area contributed by atoms with Gasteiger partial charge in [0.05, 0.1) is 24.2 Å². The number of hydrogen-bond donors (Lipinski definition) is 1. The zero-order valence-corrected chi connectivity index (χ0v) is 22.3. The smallest absolute Gasteiger partial charge is 0.164 e. The van der Waals surface area contributed by atoms with Gasteiger partial charge in [-0.1, -0.05) is 0 Å². The number of carbonyl (C=O) groups is 1. The topological polar surface area (TPSA) is 109 Å². The Balaban J connectivity index is 1.41. The van der Waals surface area contributed by atoms with Crippen molar-refractivity contribution in [1.82, 2.24) is 29.3 Å². The number of hydrogen-bond acceptors (Lipinski definition) is 8.